The van der Waals surface area contributed by atoms with Crippen LogP contribution in [0.3, 0.4) is 0 Å². The van der Waals surface area contributed by atoms with Gasteiger partial charge in [0.1, 0.15) is 11.3 Å². The number of para-hydroxylation sites is 1. The molecule has 5 nitrogen and oxygen atoms in total. The number of nitrogens with zero attached hydrogens (tertiary/aromatic N) is 1. The zero-order valence-corrected chi connectivity index (χ0v) is 12.8. The van der Waals surface area contributed by atoms with E-state index in [4.69, 9.17) is 9.15 Å². The lowest BCUT2D eigenvalue weighted by molar-refractivity contribution is -0.137. The maximum absolute atomic E-state index is 12.0. The van der Waals surface area contributed by atoms with Gasteiger partial charge < -0.3 is 9.15 Å². The highest BCUT2D eigenvalue weighted by Gasteiger charge is 2.11. The molecule has 0 spiro atoms. The van der Waals surface area contributed by atoms with E-state index in [0.717, 1.165) is 0 Å². The average molecular weight is 309 g/mol. The smallest absolute Gasteiger partial charge is 0.313 e. The third kappa shape index (κ3) is 3.13. The number of benzene rings is 2. The molecule has 5 heteroatoms. The van der Waals surface area contributed by atoms with Crippen molar-refractivity contribution < 1.29 is 13.9 Å². The second-order valence-corrected chi connectivity index (χ2v) is 5.42. The molecule has 23 heavy (non-hydrogen) atoms. The molecule has 1 aromatic heterocycles. The predicted molar refractivity (Wildman–Crippen MR) is 86.2 cm³/mol. The Morgan fingerprint density at radius 1 is 1.09 bits per heavy atom. The van der Waals surface area contributed by atoms with E-state index in [1.807, 2.05) is 0 Å². The number of carbonyl (C=O) groups excluding carboxylic acids is 1. The Kier molecular flexibility index (Phi) is 3.93. The standard InChI is InChI=1S/C18H15NO4/c1-11(2)18(21)22-13-9-7-12(8-10-13)17-19-16(20)14-5-3-4-6-15(14)23-17/h3-11H,1-2H3. The maximum atomic E-state index is 12.0. The summed E-state index contributed by atoms with van der Waals surface area (Å²) in [6.07, 6.45) is 0. The number of hydrogen-bond acceptors (Lipinski definition) is 5. The highest BCUT2D eigenvalue weighted by atomic mass is 16.5. The molecular weight excluding hydrogens is 294 g/mol. The fourth-order valence-electron chi connectivity index (χ4n) is 2.03. The van der Waals surface area contributed by atoms with Crippen molar-refractivity contribution in [1.29, 1.82) is 0 Å². The van der Waals surface area contributed by atoms with Crippen molar-refractivity contribution in [3.05, 3.63) is 58.9 Å². The lowest BCUT2D eigenvalue weighted by atomic mass is 10.2. The third-order valence-corrected chi connectivity index (χ3v) is 3.32. The lowest BCUT2D eigenvalue weighted by Crippen LogP contribution is -2.14. The first kappa shape index (κ1) is 15.0. The molecule has 0 radical (unpaired) electrons. The van der Waals surface area contributed by atoms with Crippen molar-refractivity contribution in [3.8, 4) is 17.2 Å². The van der Waals surface area contributed by atoms with E-state index in [0.29, 0.717) is 22.3 Å². The van der Waals surface area contributed by atoms with Gasteiger partial charge in [-0.3, -0.25) is 9.59 Å². The first-order valence-electron chi connectivity index (χ1n) is 7.26. The van der Waals surface area contributed by atoms with E-state index < -0.39 is 0 Å². The molecule has 3 aromatic rings. The molecule has 0 amide bonds. The minimum Gasteiger partial charge on any atom is -0.437 e. The van der Waals surface area contributed by atoms with E-state index in [-0.39, 0.29) is 23.3 Å². The van der Waals surface area contributed by atoms with E-state index in [1.54, 1.807) is 62.4 Å². The number of ether oxygens (including phenoxy) is 1. The summed E-state index contributed by atoms with van der Waals surface area (Å²) in [5.41, 5.74) is 0.784. The van der Waals surface area contributed by atoms with Crippen LogP contribution in [-0.2, 0) is 4.79 Å². The normalized spacial score (nSPS) is 10.9. The summed E-state index contributed by atoms with van der Waals surface area (Å²) in [4.78, 5) is 27.5. The van der Waals surface area contributed by atoms with E-state index in [2.05, 4.69) is 4.98 Å². The molecule has 0 atom stereocenters. The van der Waals surface area contributed by atoms with Gasteiger partial charge in [-0.1, -0.05) is 26.0 Å². The molecule has 0 unspecified atom stereocenters. The van der Waals surface area contributed by atoms with Gasteiger partial charge in [0.2, 0.25) is 5.89 Å². The summed E-state index contributed by atoms with van der Waals surface area (Å²) >= 11 is 0. The van der Waals surface area contributed by atoms with Gasteiger partial charge >= 0.3 is 5.97 Å². The van der Waals surface area contributed by atoms with Crippen LogP contribution in [0, 0.1) is 5.92 Å². The number of esters is 1. The number of hydrogen-bond donors (Lipinski definition) is 0. The predicted octanol–water partition coefficient (Wildman–Crippen LogP) is 3.42. The zero-order valence-electron chi connectivity index (χ0n) is 12.8. The first-order chi connectivity index (χ1) is 11.0. The minimum absolute atomic E-state index is 0.199. The molecule has 0 bridgehead atoms. The Morgan fingerprint density at radius 3 is 2.48 bits per heavy atom. The van der Waals surface area contributed by atoms with Gasteiger partial charge in [0.25, 0.3) is 5.56 Å². The fourth-order valence-corrected chi connectivity index (χ4v) is 2.03. The molecule has 0 saturated carbocycles. The van der Waals surface area contributed by atoms with Crippen molar-refractivity contribution in [2.45, 2.75) is 13.8 Å². The lowest BCUT2D eigenvalue weighted by Gasteiger charge is -2.07. The van der Waals surface area contributed by atoms with Crippen LogP contribution < -0.4 is 10.3 Å². The van der Waals surface area contributed by atoms with Crippen molar-refractivity contribution >= 4 is 16.9 Å². The molecule has 0 aliphatic carbocycles. The van der Waals surface area contributed by atoms with Gasteiger partial charge in [0, 0.05) is 5.56 Å². The molecule has 116 valence electrons. The molecule has 0 N–H and O–H groups in total. The van der Waals surface area contributed by atoms with Gasteiger partial charge in [-0.2, -0.15) is 4.98 Å². The summed E-state index contributed by atoms with van der Waals surface area (Å²) in [6, 6.07) is 13.6. The Bertz CT molecular complexity index is 910. The quantitative estimate of drug-likeness (QED) is 0.547. The van der Waals surface area contributed by atoms with Gasteiger partial charge in [-0.05, 0) is 36.4 Å². The number of aromatic nitrogens is 1. The van der Waals surface area contributed by atoms with Crippen LogP contribution in [0.25, 0.3) is 22.4 Å². The van der Waals surface area contributed by atoms with Crippen LogP contribution in [0.4, 0.5) is 0 Å². The molecule has 0 aliphatic rings. The van der Waals surface area contributed by atoms with Crippen molar-refractivity contribution in [1.82, 2.24) is 4.98 Å². The monoisotopic (exact) mass is 309 g/mol. The maximum Gasteiger partial charge on any atom is 0.313 e. The molecular formula is C18H15NO4. The third-order valence-electron chi connectivity index (χ3n) is 3.32. The molecule has 3 rings (SSSR count). The second-order valence-electron chi connectivity index (χ2n) is 5.42. The van der Waals surface area contributed by atoms with Crippen molar-refractivity contribution in [3.63, 3.8) is 0 Å². The Hall–Kier alpha value is -2.95. The average Bonchev–Trinajstić information content (AvgIpc) is 2.55. The Labute approximate surface area is 132 Å². The molecule has 0 aliphatic heterocycles. The SMILES string of the molecule is CC(C)C(=O)Oc1ccc(-c2nc(=O)c3ccccc3o2)cc1. The van der Waals surface area contributed by atoms with Crippen LogP contribution in [0.1, 0.15) is 13.8 Å². The van der Waals surface area contributed by atoms with Crippen LogP contribution in [0.5, 0.6) is 5.75 Å². The molecule has 0 fully saturated rings. The number of carbonyl (C=O) groups is 1. The summed E-state index contributed by atoms with van der Waals surface area (Å²) in [5.74, 6) is 0.175. The largest absolute Gasteiger partial charge is 0.437 e. The van der Waals surface area contributed by atoms with E-state index in [9.17, 15) is 9.59 Å². The Morgan fingerprint density at radius 2 is 1.78 bits per heavy atom. The van der Waals surface area contributed by atoms with Crippen LogP contribution >= 0.6 is 0 Å². The molecule has 2 aromatic carbocycles. The van der Waals surface area contributed by atoms with Crippen LogP contribution in [0.2, 0.25) is 0 Å². The van der Waals surface area contributed by atoms with Gasteiger partial charge in [-0.15, -0.1) is 0 Å². The summed E-state index contributed by atoms with van der Waals surface area (Å²) in [6.45, 7) is 3.54. The number of fused-ring (bicyclic) bond motifs is 1. The summed E-state index contributed by atoms with van der Waals surface area (Å²) < 4.78 is 10.9. The van der Waals surface area contributed by atoms with Gasteiger partial charge in [0.15, 0.2) is 0 Å². The fraction of sp³-hybridized carbons (Fsp3) is 0.167. The zero-order chi connectivity index (χ0) is 16.4. The first-order valence-corrected chi connectivity index (χ1v) is 7.26. The van der Waals surface area contributed by atoms with Gasteiger partial charge in [-0.25, -0.2) is 0 Å². The van der Waals surface area contributed by atoms with Gasteiger partial charge in [0.05, 0.1) is 11.3 Å². The van der Waals surface area contributed by atoms with Crippen molar-refractivity contribution in [2.24, 2.45) is 5.92 Å². The summed E-state index contributed by atoms with van der Waals surface area (Å²) in [5, 5.41) is 0.443. The second kappa shape index (κ2) is 6.04. The van der Waals surface area contributed by atoms with Crippen molar-refractivity contribution in [2.75, 3.05) is 0 Å². The highest BCUT2D eigenvalue weighted by molar-refractivity contribution is 5.77. The highest BCUT2D eigenvalue weighted by Crippen LogP contribution is 2.23. The van der Waals surface area contributed by atoms with E-state index >= 15 is 0 Å². The molecule has 0 saturated heterocycles. The number of rotatable bonds is 3. The van der Waals surface area contributed by atoms with Crippen LogP contribution in [-0.4, -0.2) is 11.0 Å². The van der Waals surface area contributed by atoms with Crippen LogP contribution in [0.15, 0.2) is 57.7 Å². The topological polar surface area (TPSA) is 69.4 Å². The molecule has 1 heterocycles. The summed E-state index contributed by atoms with van der Waals surface area (Å²) in [7, 11) is 0. The Balaban J connectivity index is 1.93. The minimum atomic E-state index is -0.336. The van der Waals surface area contributed by atoms with E-state index in [1.165, 1.54) is 0 Å².